The molecule has 1 heterocycles. The molecule has 4 nitrogen and oxygen atoms in total. The number of amides is 1. The van der Waals surface area contributed by atoms with Gasteiger partial charge in [-0.15, -0.1) is 0 Å². The van der Waals surface area contributed by atoms with E-state index in [4.69, 9.17) is 0 Å². The Morgan fingerprint density at radius 1 is 1.12 bits per heavy atom. The predicted octanol–water partition coefficient (Wildman–Crippen LogP) is 1.87. The Morgan fingerprint density at radius 3 is 2.41 bits per heavy atom. The summed E-state index contributed by atoms with van der Waals surface area (Å²) in [6.07, 6.45) is 11.2. The summed E-state index contributed by atoms with van der Waals surface area (Å²) >= 11 is 0. The van der Waals surface area contributed by atoms with Crippen LogP contribution in [0.1, 0.15) is 38.5 Å². The molecule has 0 radical (unpaired) electrons. The van der Waals surface area contributed by atoms with E-state index in [2.05, 4.69) is 10.7 Å². The maximum Gasteiger partial charge on any atom is 0.241 e. The van der Waals surface area contributed by atoms with E-state index in [9.17, 15) is 4.79 Å². The lowest BCUT2D eigenvalue weighted by Crippen LogP contribution is -2.39. The molecule has 0 atom stereocenters. The highest BCUT2D eigenvalue weighted by molar-refractivity contribution is 5.79. The van der Waals surface area contributed by atoms with E-state index in [1.807, 2.05) is 24.5 Å². The van der Waals surface area contributed by atoms with Crippen LogP contribution in [0, 0.1) is 0 Å². The second-order valence-corrected chi connectivity index (χ2v) is 4.68. The quantitative estimate of drug-likeness (QED) is 0.783. The molecule has 17 heavy (non-hydrogen) atoms. The number of carbonyl (C=O) groups excluding carboxylic acids is 1. The Hall–Kier alpha value is -1.45. The molecule has 0 bridgehead atoms. The second-order valence-electron chi connectivity index (χ2n) is 4.68. The van der Waals surface area contributed by atoms with Crippen LogP contribution in [0.15, 0.2) is 24.5 Å². The van der Waals surface area contributed by atoms with Crippen LogP contribution in [0.2, 0.25) is 0 Å². The van der Waals surface area contributed by atoms with Crippen LogP contribution in [0.4, 0.5) is 0 Å². The predicted molar refractivity (Wildman–Crippen MR) is 68.3 cm³/mol. The lowest BCUT2D eigenvalue weighted by atomic mass is 10.1. The van der Waals surface area contributed by atoms with Crippen molar-refractivity contribution in [2.75, 3.05) is 12.0 Å². The number of rotatable bonds is 4. The van der Waals surface area contributed by atoms with Gasteiger partial charge in [-0.05, 0) is 25.0 Å². The van der Waals surface area contributed by atoms with E-state index >= 15 is 0 Å². The molecule has 1 amide bonds. The molecular formula is C13H21N3O. The zero-order valence-electron chi connectivity index (χ0n) is 10.2. The van der Waals surface area contributed by atoms with Gasteiger partial charge in [-0.1, -0.05) is 25.7 Å². The Kier molecular flexibility index (Phi) is 4.47. The molecule has 4 heteroatoms. The number of aromatic nitrogens is 1. The highest BCUT2D eigenvalue weighted by Crippen LogP contribution is 2.16. The minimum absolute atomic E-state index is 0.0885. The van der Waals surface area contributed by atoms with Gasteiger partial charge in [-0.3, -0.25) is 9.47 Å². The third-order valence-corrected chi connectivity index (χ3v) is 3.25. The van der Waals surface area contributed by atoms with E-state index in [-0.39, 0.29) is 5.91 Å². The van der Waals surface area contributed by atoms with Gasteiger partial charge in [-0.25, -0.2) is 0 Å². The van der Waals surface area contributed by atoms with E-state index < -0.39 is 0 Å². The fourth-order valence-electron chi connectivity index (χ4n) is 2.31. The number of hydrogen-bond acceptors (Lipinski definition) is 2. The monoisotopic (exact) mass is 235 g/mol. The fraction of sp³-hybridized carbons (Fsp3) is 0.615. The minimum atomic E-state index is 0.0885. The molecule has 0 aliphatic heterocycles. The maximum atomic E-state index is 11.7. The Balaban J connectivity index is 1.69. The number of hydrogen-bond donors (Lipinski definition) is 2. The van der Waals surface area contributed by atoms with Crippen molar-refractivity contribution in [3.05, 3.63) is 24.5 Å². The van der Waals surface area contributed by atoms with E-state index in [1.54, 1.807) is 4.68 Å². The average molecular weight is 235 g/mol. The Bertz CT molecular complexity index is 326. The highest BCUT2D eigenvalue weighted by Gasteiger charge is 2.14. The molecule has 1 saturated carbocycles. The van der Waals surface area contributed by atoms with Crippen LogP contribution in [0.5, 0.6) is 0 Å². The van der Waals surface area contributed by atoms with Crippen LogP contribution < -0.4 is 10.7 Å². The van der Waals surface area contributed by atoms with Crippen LogP contribution in [0.25, 0.3) is 0 Å². The van der Waals surface area contributed by atoms with Crippen LogP contribution in [-0.2, 0) is 4.79 Å². The van der Waals surface area contributed by atoms with Gasteiger partial charge >= 0.3 is 0 Å². The van der Waals surface area contributed by atoms with Crippen molar-refractivity contribution in [2.24, 2.45) is 0 Å². The number of nitrogens with zero attached hydrogens (tertiary/aromatic N) is 1. The topological polar surface area (TPSA) is 46.1 Å². The third-order valence-electron chi connectivity index (χ3n) is 3.25. The first kappa shape index (κ1) is 12.0. The highest BCUT2D eigenvalue weighted by atomic mass is 16.2. The third kappa shape index (κ3) is 4.13. The Labute approximate surface area is 102 Å². The van der Waals surface area contributed by atoms with Gasteiger partial charge in [0.25, 0.3) is 0 Å². The summed E-state index contributed by atoms with van der Waals surface area (Å²) in [5.41, 5.74) is 3.03. The molecular weight excluding hydrogens is 214 g/mol. The number of nitrogens with one attached hydrogen (secondary N) is 2. The van der Waals surface area contributed by atoms with Gasteiger partial charge in [0.1, 0.15) is 6.54 Å². The molecule has 1 aliphatic rings. The van der Waals surface area contributed by atoms with Gasteiger partial charge < -0.3 is 10.7 Å². The molecule has 0 aromatic carbocycles. The molecule has 0 unspecified atom stereocenters. The minimum Gasteiger partial charge on any atom is -0.352 e. The van der Waals surface area contributed by atoms with Crippen molar-refractivity contribution in [3.8, 4) is 0 Å². The zero-order chi connectivity index (χ0) is 11.9. The smallest absolute Gasteiger partial charge is 0.241 e. The standard InChI is InChI=1S/C13H21N3O/c17-13(11-14-16-9-5-6-10-16)15-12-7-3-1-2-4-8-12/h5-6,9-10,12,14H,1-4,7-8,11H2,(H,15,17). The van der Waals surface area contributed by atoms with Crippen LogP contribution in [-0.4, -0.2) is 23.2 Å². The summed E-state index contributed by atoms with van der Waals surface area (Å²) in [5, 5.41) is 3.11. The molecule has 2 rings (SSSR count). The average Bonchev–Trinajstić information content (AvgIpc) is 2.72. The van der Waals surface area contributed by atoms with E-state index in [0.717, 1.165) is 12.8 Å². The van der Waals surface area contributed by atoms with Gasteiger partial charge in [0.15, 0.2) is 0 Å². The summed E-state index contributed by atoms with van der Waals surface area (Å²) in [6, 6.07) is 4.24. The zero-order valence-corrected chi connectivity index (χ0v) is 10.2. The lowest BCUT2D eigenvalue weighted by molar-refractivity contribution is -0.120. The van der Waals surface area contributed by atoms with Crippen molar-refractivity contribution >= 4 is 5.91 Å². The van der Waals surface area contributed by atoms with Crippen molar-refractivity contribution in [3.63, 3.8) is 0 Å². The van der Waals surface area contributed by atoms with Gasteiger partial charge in [-0.2, -0.15) is 0 Å². The summed E-state index contributed by atoms with van der Waals surface area (Å²) in [4.78, 5) is 11.7. The normalized spacial score (nSPS) is 17.4. The molecule has 1 fully saturated rings. The van der Waals surface area contributed by atoms with Crippen molar-refractivity contribution in [1.29, 1.82) is 0 Å². The lowest BCUT2D eigenvalue weighted by Gasteiger charge is -2.16. The first-order valence-electron chi connectivity index (χ1n) is 6.51. The second kappa shape index (κ2) is 6.33. The van der Waals surface area contributed by atoms with Crippen molar-refractivity contribution < 1.29 is 4.79 Å². The molecule has 1 aromatic heterocycles. The molecule has 94 valence electrons. The van der Waals surface area contributed by atoms with Gasteiger partial charge in [0.2, 0.25) is 5.91 Å². The van der Waals surface area contributed by atoms with E-state index in [0.29, 0.717) is 12.6 Å². The molecule has 0 saturated heterocycles. The van der Waals surface area contributed by atoms with Crippen molar-refractivity contribution in [1.82, 2.24) is 9.99 Å². The summed E-state index contributed by atoms with van der Waals surface area (Å²) in [6.45, 7) is 0.338. The van der Waals surface area contributed by atoms with Gasteiger partial charge in [0.05, 0.1) is 0 Å². The summed E-state index contributed by atoms with van der Waals surface area (Å²) in [7, 11) is 0. The van der Waals surface area contributed by atoms with E-state index in [1.165, 1.54) is 25.7 Å². The maximum absolute atomic E-state index is 11.7. The molecule has 2 N–H and O–H groups in total. The first-order chi connectivity index (χ1) is 8.34. The molecule has 1 aliphatic carbocycles. The Morgan fingerprint density at radius 2 is 1.76 bits per heavy atom. The number of carbonyl (C=O) groups is 1. The van der Waals surface area contributed by atoms with Crippen LogP contribution >= 0.6 is 0 Å². The van der Waals surface area contributed by atoms with Crippen LogP contribution in [0.3, 0.4) is 0 Å². The van der Waals surface area contributed by atoms with Crippen molar-refractivity contribution in [2.45, 2.75) is 44.6 Å². The summed E-state index contributed by atoms with van der Waals surface area (Å²) < 4.78 is 1.80. The first-order valence-corrected chi connectivity index (χ1v) is 6.51. The molecule has 1 aromatic rings. The SMILES string of the molecule is O=C(CNn1cccc1)NC1CCCCCC1. The fourth-order valence-corrected chi connectivity index (χ4v) is 2.31. The van der Waals surface area contributed by atoms with Gasteiger partial charge in [0, 0.05) is 18.4 Å². The molecule has 0 spiro atoms. The summed E-state index contributed by atoms with van der Waals surface area (Å²) in [5.74, 6) is 0.0885. The largest absolute Gasteiger partial charge is 0.352 e.